The minimum atomic E-state index is -4.71. The number of hydrogen-bond donors (Lipinski definition) is 2. The number of rotatable bonds is 7. The molecule has 3 rings (SSSR count). The van der Waals surface area contributed by atoms with E-state index in [0.29, 0.717) is 12.1 Å². The van der Waals surface area contributed by atoms with E-state index in [1.165, 1.54) is 18.2 Å². The molecule has 1 heterocycles. The topological polar surface area (TPSA) is 101 Å². The Labute approximate surface area is 178 Å². The highest BCUT2D eigenvalue weighted by Gasteiger charge is 2.47. The summed E-state index contributed by atoms with van der Waals surface area (Å²) in [4.78, 5) is 12.4. The standard InChI is InChI=1S/C19H16F5N3O4S/c1-32(30,31)26-14-3-2-4-15-13(14)10-25-27(15)18(17(28)29,9-16(20)21)11-5-7-12(8-6-11)19(22,23)24/h2-8,10,16,26H,9H2,1H3,(H,28,29). The molecule has 172 valence electrons. The van der Waals surface area contributed by atoms with Gasteiger partial charge in [-0.3, -0.25) is 4.72 Å². The van der Waals surface area contributed by atoms with Crippen LogP contribution in [0.15, 0.2) is 48.7 Å². The summed E-state index contributed by atoms with van der Waals surface area (Å²) in [5.41, 5.74) is -3.99. The van der Waals surface area contributed by atoms with Gasteiger partial charge >= 0.3 is 12.1 Å². The lowest BCUT2D eigenvalue weighted by molar-refractivity contribution is -0.147. The van der Waals surface area contributed by atoms with Crippen molar-refractivity contribution in [3.8, 4) is 0 Å². The van der Waals surface area contributed by atoms with Gasteiger partial charge in [0.15, 0.2) is 5.54 Å². The first kappa shape index (κ1) is 23.4. The summed E-state index contributed by atoms with van der Waals surface area (Å²) >= 11 is 0. The summed E-state index contributed by atoms with van der Waals surface area (Å²) in [7, 11) is -3.73. The third-order valence-electron chi connectivity index (χ3n) is 4.76. The van der Waals surface area contributed by atoms with Crippen molar-refractivity contribution in [2.45, 2.75) is 24.6 Å². The van der Waals surface area contributed by atoms with Crippen LogP contribution in [0.4, 0.5) is 27.6 Å². The average molecular weight is 477 g/mol. The van der Waals surface area contributed by atoms with E-state index in [-0.39, 0.29) is 22.2 Å². The van der Waals surface area contributed by atoms with E-state index >= 15 is 0 Å². The summed E-state index contributed by atoms with van der Waals surface area (Å²) in [6, 6.07) is 6.88. The van der Waals surface area contributed by atoms with E-state index in [0.717, 1.165) is 29.3 Å². The number of nitrogens with one attached hydrogen (secondary N) is 1. The van der Waals surface area contributed by atoms with Crippen LogP contribution < -0.4 is 4.72 Å². The summed E-state index contributed by atoms with van der Waals surface area (Å²) in [5.74, 6) is -1.77. The minimum absolute atomic E-state index is 0.0124. The van der Waals surface area contributed by atoms with Crippen LogP contribution in [0.1, 0.15) is 17.5 Å². The number of carbonyl (C=O) groups is 1. The van der Waals surface area contributed by atoms with Crippen LogP contribution in [0, 0.1) is 0 Å². The summed E-state index contributed by atoms with van der Waals surface area (Å²) in [6.07, 6.45) is -7.19. The van der Waals surface area contributed by atoms with Crippen molar-refractivity contribution in [1.82, 2.24) is 9.78 Å². The molecule has 0 aliphatic carbocycles. The number of carboxylic acid groups (broad SMARTS) is 1. The fraction of sp³-hybridized carbons (Fsp3) is 0.263. The lowest BCUT2D eigenvalue weighted by atomic mass is 9.86. The van der Waals surface area contributed by atoms with Crippen molar-refractivity contribution in [2.24, 2.45) is 0 Å². The molecule has 2 aromatic carbocycles. The van der Waals surface area contributed by atoms with Crippen molar-refractivity contribution in [1.29, 1.82) is 0 Å². The number of aliphatic carboxylic acids is 1. The maximum Gasteiger partial charge on any atom is 0.416 e. The first-order chi connectivity index (χ1) is 14.8. The first-order valence-corrected chi connectivity index (χ1v) is 10.8. The van der Waals surface area contributed by atoms with E-state index in [1.807, 2.05) is 0 Å². The third-order valence-corrected chi connectivity index (χ3v) is 5.35. The molecule has 7 nitrogen and oxygen atoms in total. The Kier molecular flexibility index (Phi) is 5.89. The number of benzene rings is 2. The second-order valence-corrected chi connectivity index (χ2v) is 8.75. The molecule has 0 radical (unpaired) electrons. The fourth-order valence-corrected chi connectivity index (χ4v) is 4.01. The summed E-state index contributed by atoms with van der Waals surface area (Å²) in [5, 5.41) is 14.1. The molecule has 1 unspecified atom stereocenters. The van der Waals surface area contributed by atoms with Gasteiger partial charge in [-0.1, -0.05) is 18.2 Å². The fourth-order valence-electron chi connectivity index (χ4n) is 3.43. The second kappa shape index (κ2) is 8.04. The van der Waals surface area contributed by atoms with E-state index in [9.17, 15) is 40.3 Å². The number of alkyl halides is 5. The molecule has 2 N–H and O–H groups in total. The number of hydrogen-bond acceptors (Lipinski definition) is 4. The summed E-state index contributed by atoms with van der Waals surface area (Å²) < 4.78 is 92.1. The zero-order chi connectivity index (χ0) is 23.9. The van der Waals surface area contributed by atoms with Crippen LogP contribution in [0.2, 0.25) is 0 Å². The Balaban J connectivity index is 2.29. The van der Waals surface area contributed by atoms with Gasteiger partial charge < -0.3 is 5.11 Å². The Hall–Kier alpha value is -3.22. The van der Waals surface area contributed by atoms with Crippen molar-refractivity contribution in [3.05, 3.63) is 59.8 Å². The SMILES string of the molecule is CS(=O)(=O)Nc1cccc2c1cnn2C(CC(F)F)(C(=O)O)c1ccc(C(F)(F)F)cc1. The monoisotopic (exact) mass is 477 g/mol. The van der Waals surface area contributed by atoms with Crippen molar-refractivity contribution < 1.29 is 40.3 Å². The van der Waals surface area contributed by atoms with Crippen LogP contribution >= 0.6 is 0 Å². The van der Waals surface area contributed by atoms with E-state index < -0.39 is 46.1 Å². The molecular formula is C19H16F5N3O4S. The lowest BCUT2D eigenvalue weighted by Crippen LogP contribution is -2.45. The van der Waals surface area contributed by atoms with Crippen molar-refractivity contribution in [2.75, 3.05) is 11.0 Å². The molecule has 0 saturated carbocycles. The number of anilines is 1. The number of fused-ring (bicyclic) bond motifs is 1. The Bertz CT molecular complexity index is 1260. The number of aromatic nitrogens is 2. The Morgan fingerprint density at radius 2 is 1.72 bits per heavy atom. The Morgan fingerprint density at radius 3 is 2.22 bits per heavy atom. The molecule has 0 aliphatic rings. The molecular weight excluding hydrogens is 461 g/mol. The maximum absolute atomic E-state index is 13.6. The van der Waals surface area contributed by atoms with Gasteiger partial charge in [-0.25, -0.2) is 26.7 Å². The van der Waals surface area contributed by atoms with Gasteiger partial charge in [-0.15, -0.1) is 0 Å². The van der Waals surface area contributed by atoms with Crippen LogP contribution in [-0.4, -0.2) is 42.0 Å². The smallest absolute Gasteiger partial charge is 0.416 e. The molecule has 1 atom stereocenters. The minimum Gasteiger partial charge on any atom is -0.479 e. The molecule has 3 aromatic rings. The van der Waals surface area contributed by atoms with Gasteiger partial charge in [-0.05, 0) is 29.8 Å². The van der Waals surface area contributed by atoms with Crippen LogP contribution in [-0.2, 0) is 26.5 Å². The van der Waals surface area contributed by atoms with Crippen LogP contribution in [0.3, 0.4) is 0 Å². The van der Waals surface area contributed by atoms with E-state index in [4.69, 9.17) is 0 Å². The van der Waals surface area contributed by atoms with Gasteiger partial charge in [0.1, 0.15) is 0 Å². The van der Waals surface area contributed by atoms with E-state index in [1.54, 1.807) is 0 Å². The third kappa shape index (κ3) is 4.38. The molecule has 0 saturated heterocycles. The molecule has 0 spiro atoms. The highest BCUT2D eigenvalue weighted by atomic mass is 32.2. The first-order valence-electron chi connectivity index (χ1n) is 8.90. The number of halogens is 5. The average Bonchev–Trinajstić information content (AvgIpc) is 3.09. The predicted octanol–water partition coefficient (Wildman–Crippen LogP) is 3.91. The number of sulfonamides is 1. The molecule has 0 aliphatic heterocycles. The second-order valence-electron chi connectivity index (χ2n) is 7.00. The Morgan fingerprint density at radius 1 is 1.12 bits per heavy atom. The van der Waals surface area contributed by atoms with Crippen molar-refractivity contribution >= 4 is 32.6 Å². The molecule has 0 bridgehead atoms. The predicted molar refractivity (Wildman–Crippen MR) is 105 cm³/mol. The zero-order valence-electron chi connectivity index (χ0n) is 16.3. The van der Waals surface area contributed by atoms with E-state index in [2.05, 4.69) is 9.82 Å². The van der Waals surface area contributed by atoms with Gasteiger partial charge in [0, 0.05) is 11.8 Å². The molecule has 13 heteroatoms. The van der Waals surface area contributed by atoms with Gasteiger partial charge in [-0.2, -0.15) is 18.3 Å². The molecule has 0 amide bonds. The highest BCUT2D eigenvalue weighted by molar-refractivity contribution is 7.92. The molecule has 0 fully saturated rings. The van der Waals surface area contributed by atoms with Crippen LogP contribution in [0.5, 0.6) is 0 Å². The van der Waals surface area contributed by atoms with Gasteiger partial charge in [0.25, 0.3) is 0 Å². The molecule has 1 aromatic heterocycles. The maximum atomic E-state index is 13.6. The quantitative estimate of drug-likeness (QED) is 0.503. The number of carboxylic acids is 1. The van der Waals surface area contributed by atoms with Crippen molar-refractivity contribution in [3.63, 3.8) is 0 Å². The van der Waals surface area contributed by atoms with Gasteiger partial charge in [0.2, 0.25) is 16.4 Å². The zero-order valence-corrected chi connectivity index (χ0v) is 17.1. The summed E-state index contributed by atoms with van der Waals surface area (Å²) in [6.45, 7) is 0. The van der Waals surface area contributed by atoms with Crippen LogP contribution in [0.25, 0.3) is 10.9 Å². The molecule has 32 heavy (non-hydrogen) atoms. The largest absolute Gasteiger partial charge is 0.479 e. The highest BCUT2D eigenvalue weighted by Crippen LogP contribution is 2.38. The lowest BCUT2D eigenvalue weighted by Gasteiger charge is -2.31. The number of nitrogens with zero attached hydrogens (tertiary/aromatic N) is 2. The normalized spacial score (nSPS) is 14.5. The van der Waals surface area contributed by atoms with Gasteiger partial charge in [0.05, 0.1) is 29.2 Å².